The summed E-state index contributed by atoms with van der Waals surface area (Å²) in [5, 5.41) is 0.995. The van der Waals surface area contributed by atoms with Gasteiger partial charge in [0.15, 0.2) is 5.82 Å². The largest absolute Gasteiger partial charge is 0.382 e. The quantitative estimate of drug-likeness (QED) is 0.829. The number of halogens is 2. The fourth-order valence-electron chi connectivity index (χ4n) is 2.79. The molecule has 6 heteroatoms. The van der Waals surface area contributed by atoms with Crippen molar-refractivity contribution in [2.45, 2.75) is 31.6 Å². The van der Waals surface area contributed by atoms with Crippen molar-refractivity contribution in [2.24, 2.45) is 0 Å². The molecule has 1 heterocycles. The molecule has 106 valence electrons. The number of nitrogens with zero attached hydrogens (tertiary/aromatic N) is 2. The Balaban J connectivity index is 2.05. The Labute approximate surface area is 127 Å². The second-order valence-electron chi connectivity index (χ2n) is 5.18. The summed E-state index contributed by atoms with van der Waals surface area (Å²) < 4.78 is 1.51. The molecule has 0 unspecified atom stereocenters. The first-order chi connectivity index (χ1) is 9.58. The van der Waals surface area contributed by atoms with Gasteiger partial charge >= 0.3 is 0 Å². The zero-order valence-electron chi connectivity index (χ0n) is 10.9. The van der Waals surface area contributed by atoms with Crippen molar-refractivity contribution in [3.63, 3.8) is 0 Å². The number of benzene rings is 1. The molecule has 0 spiro atoms. The number of hydrogen-bond acceptors (Lipinski definition) is 3. The van der Waals surface area contributed by atoms with Gasteiger partial charge in [-0.1, -0.05) is 42.1 Å². The van der Waals surface area contributed by atoms with Crippen LogP contribution in [0, 0.1) is 0 Å². The van der Waals surface area contributed by atoms with E-state index in [4.69, 9.17) is 34.8 Å². The highest BCUT2D eigenvalue weighted by molar-refractivity contribution is 6.42. The van der Waals surface area contributed by atoms with Crippen LogP contribution in [0.2, 0.25) is 10.0 Å². The van der Waals surface area contributed by atoms with Crippen LogP contribution < -0.4 is 11.6 Å². The van der Waals surface area contributed by atoms with Crippen LogP contribution in [0.5, 0.6) is 0 Å². The molecule has 20 heavy (non-hydrogen) atoms. The standard InChI is InChI=1S/C14H16Cl2N4/c15-10-6-5-9(7-11(10)16)12-13(17)20(18)14(19-12)8-3-1-2-4-8/h5-8H,1-4,17-18H2. The monoisotopic (exact) mass is 310 g/mol. The molecule has 2 aromatic rings. The highest BCUT2D eigenvalue weighted by Crippen LogP contribution is 2.37. The molecule has 1 aromatic carbocycles. The highest BCUT2D eigenvalue weighted by atomic mass is 35.5. The van der Waals surface area contributed by atoms with Gasteiger partial charge in [-0.2, -0.15) is 0 Å². The topological polar surface area (TPSA) is 69.9 Å². The number of nitrogen functional groups attached to an aromatic ring is 2. The summed E-state index contributed by atoms with van der Waals surface area (Å²) in [7, 11) is 0. The SMILES string of the molecule is Nc1c(-c2ccc(Cl)c(Cl)c2)nc(C2CCCC2)n1N. The minimum atomic E-state index is 0.402. The van der Waals surface area contributed by atoms with Crippen molar-refractivity contribution in [3.05, 3.63) is 34.1 Å². The first-order valence-corrected chi connectivity index (χ1v) is 7.42. The van der Waals surface area contributed by atoms with Crippen LogP contribution in [-0.2, 0) is 0 Å². The third-order valence-electron chi connectivity index (χ3n) is 3.89. The lowest BCUT2D eigenvalue weighted by Gasteiger charge is -2.08. The third-order valence-corrected chi connectivity index (χ3v) is 4.63. The van der Waals surface area contributed by atoms with Crippen LogP contribution in [0.15, 0.2) is 18.2 Å². The van der Waals surface area contributed by atoms with Gasteiger partial charge in [0.25, 0.3) is 0 Å². The van der Waals surface area contributed by atoms with Crippen molar-refractivity contribution < 1.29 is 0 Å². The number of nitrogens with two attached hydrogens (primary N) is 2. The van der Waals surface area contributed by atoms with Crippen molar-refractivity contribution in [2.75, 3.05) is 11.6 Å². The fraction of sp³-hybridized carbons (Fsp3) is 0.357. The lowest BCUT2D eigenvalue weighted by Crippen LogP contribution is -2.17. The number of anilines is 1. The summed E-state index contributed by atoms with van der Waals surface area (Å²) in [6.07, 6.45) is 4.68. The van der Waals surface area contributed by atoms with Crippen molar-refractivity contribution in [1.82, 2.24) is 9.66 Å². The van der Waals surface area contributed by atoms with Gasteiger partial charge in [0.05, 0.1) is 10.0 Å². The molecular formula is C14H16Cl2N4. The molecule has 0 saturated heterocycles. The van der Waals surface area contributed by atoms with Crippen LogP contribution in [0.3, 0.4) is 0 Å². The van der Waals surface area contributed by atoms with Gasteiger partial charge < -0.3 is 11.6 Å². The van der Waals surface area contributed by atoms with E-state index in [2.05, 4.69) is 4.98 Å². The van der Waals surface area contributed by atoms with Crippen LogP contribution >= 0.6 is 23.2 Å². The van der Waals surface area contributed by atoms with Crippen LogP contribution in [0.25, 0.3) is 11.3 Å². The average Bonchev–Trinajstić information content (AvgIpc) is 3.04. The summed E-state index contributed by atoms with van der Waals surface area (Å²) in [6, 6.07) is 5.36. The third kappa shape index (κ3) is 2.23. The molecule has 4 N–H and O–H groups in total. The Morgan fingerprint density at radius 3 is 2.50 bits per heavy atom. The van der Waals surface area contributed by atoms with Crippen LogP contribution in [0.1, 0.15) is 37.4 Å². The molecule has 1 aliphatic rings. The maximum atomic E-state index is 6.09. The molecule has 1 aliphatic carbocycles. The zero-order chi connectivity index (χ0) is 14.3. The van der Waals surface area contributed by atoms with E-state index < -0.39 is 0 Å². The van der Waals surface area contributed by atoms with E-state index >= 15 is 0 Å². The number of rotatable bonds is 2. The van der Waals surface area contributed by atoms with Gasteiger partial charge in [-0.05, 0) is 25.0 Å². The van der Waals surface area contributed by atoms with Gasteiger partial charge in [-0.3, -0.25) is 0 Å². The molecule has 1 aromatic heterocycles. The molecule has 0 aliphatic heterocycles. The zero-order valence-corrected chi connectivity index (χ0v) is 12.5. The van der Waals surface area contributed by atoms with Gasteiger partial charge in [0.2, 0.25) is 0 Å². The van der Waals surface area contributed by atoms with Crippen molar-refractivity contribution in [1.29, 1.82) is 0 Å². The Bertz CT molecular complexity index is 645. The van der Waals surface area contributed by atoms with E-state index in [0.717, 1.165) is 24.2 Å². The molecule has 0 bridgehead atoms. The predicted molar refractivity (Wildman–Crippen MR) is 83.5 cm³/mol. The first kappa shape index (κ1) is 13.6. The van der Waals surface area contributed by atoms with Crippen LogP contribution in [-0.4, -0.2) is 9.66 Å². The molecule has 3 rings (SSSR count). The van der Waals surface area contributed by atoms with E-state index in [1.807, 2.05) is 6.07 Å². The molecule has 4 nitrogen and oxygen atoms in total. The van der Waals surface area contributed by atoms with E-state index in [9.17, 15) is 0 Å². The van der Waals surface area contributed by atoms with Crippen molar-refractivity contribution in [3.8, 4) is 11.3 Å². The average molecular weight is 311 g/mol. The Hall–Kier alpha value is -1.39. The van der Waals surface area contributed by atoms with Gasteiger partial charge in [0.1, 0.15) is 11.5 Å². The Morgan fingerprint density at radius 1 is 1.15 bits per heavy atom. The molecule has 0 atom stereocenters. The maximum absolute atomic E-state index is 6.09. The number of imidazole rings is 1. The summed E-state index contributed by atoms with van der Waals surface area (Å²) >= 11 is 12.0. The molecule has 1 fully saturated rings. The number of aromatic nitrogens is 2. The van der Waals surface area contributed by atoms with Crippen LogP contribution in [0.4, 0.5) is 5.82 Å². The smallest absolute Gasteiger partial charge is 0.150 e. The lowest BCUT2D eigenvalue weighted by atomic mass is 10.1. The normalized spacial score (nSPS) is 15.9. The second kappa shape index (κ2) is 5.19. The minimum absolute atomic E-state index is 0.402. The Kier molecular flexibility index (Phi) is 3.52. The number of hydrogen-bond donors (Lipinski definition) is 2. The summed E-state index contributed by atoms with van der Waals surface area (Å²) in [5.41, 5.74) is 7.60. The van der Waals surface area contributed by atoms with E-state index in [0.29, 0.717) is 27.5 Å². The molecular weight excluding hydrogens is 295 g/mol. The molecule has 0 radical (unpaired) electrons. The predicted octanol–water partition coefficient (Wildman–Crippen LogP) is 3.81. The minimum Gasteiger partial charge on any atom is -0.382 e. The molecule has 0 amide bonds. The van der Waals surface area contributed by atoms with E-state index in [1.54, 1.807) is 12.1 Å². The first-order valence-electron chi connectivity index (χ1n) is 6.66. The summed E-state index contributed by atoms with van der Waals surface area (Å²) in [5.74, 6) is 7.79. The van der Waals surface area contributed by atoms with E-state index in [-0.39, 0.29) is 0 Å². The lowest BCUT2D eigenvalue weighted by molar-refractivity contribution is 0.648. The van der Waals surface area contributed by atoms with Crippen molar-refractivity contribution >= 4 is 29.0 Å². The maximum Gasteiger partial charge on any atom is 0.150 e. The second-order valence-corrected chi connectivity index (χ2v) is 6.00. The summed E-state index contributed by atoms with van der Waals surface area (Å²) in [6.45, 7) is 0. The van der Waals surface area contributed by atoms with Gasteiger partial charge in [-0.15, -0.1) is 0 Å². The Morgan fingerprint density at radius 2 is 1.85 bits per heavy atom. The van der Waals surface area contributed by atoms with Gasteiger partial charge in [-0.25, -0.2) is 9.66 Å². The molecule has 1 saturated carbocycles. The fourth-order valence-corrected chi connectivity index (χ4v) is 3.09. The summed E-state index contributed by atoms with van der Waals surface area (Å²) in [4.78, 5) is 4.64. The van der Waals surface area contributed by atoms with Gasteiger partial charge in [0, 0.05) is 11.5 Å². The highest BCUT2D eigenvalue weighted by Gasteiger charge is 2.25. The van der Waals surface area contributed by atoms with E-state index in [1.165, 1.54) is 17.5 Å².